The summed E-state index contributed by atoms with van der Waals surface area (Å²) in [5.41, 5.74) is 0.438. The number of amides is 1. The molecule has 0 spiro atoms. The third-order valence-corrected chi connectivity index (χ3v) is 4.43. The van der Waals surface area contributed by atoms with Gasteiger partial charge in [-0.25, -0.2) is 8.42 Å². The van der Waals surface area contributed by atoms with Crippen molar-refractivity contribution in [2.45, 2.75) is 17.2 Å². The SMILES string of the molecule is CC(Cl)C(=O)Nc1ccc(S(=O)(=O)Nc2ccc(Cl)nn2)cc1. The van der Waals surface area contributed by atoms with Gasteiger partial charge in [0.05, 0.1) is 4.90 Å². The van der Waals surface area contributed by atoms with Crippen LogP contribution in [0.2, 0.25) is 5.15 Å². The third-order valence-electron chi connectivity index (χ3n) is 2.66. The molecule has 2 N–H and O–H groups in total. The van der Waals surface area contributed by atoms with Gasteiger partial charge in [0, 0.05) is 5.69 Å². The molecule has 10 heteroatoms. The summed E-state index contributed by atoms with van der Waals surface area (Å²) in [4.78, 5) is 11.5. The number of hydrogen-bond acceptors (Lipinski definition) is 5. The molecule has 0 bridgehead atoms. The molecule has 0 radical (unpaired) electrons. The summed E-state index contributed by atoms with van der Waals surface area (Å²) in [6.45, 7) is 1.53. The van der Waals surface area contributed by atoms with Gasteiger partial charge in [0.2, 0.25) is 5.91 Å². The standard InChI is InChI=1S/C13H12Cl2N4O3S/c1-8(14)13(20)16-9-2-4-10(5-3-9)23(21,22)19-12-7-6-11(15)17-18-12/h2-8H,1H3,(H,16,20)(H,18,19). The second kappa shape index (κ2) is 7.12. The zero-order chi connectivity index (χ0) is 17.0. The van der Waals surface area contributed by atoms with E-state index in [2.05, 4.69) is 20.2 Å². The molecule has 0 aliphatic carbocycles. The van der Waals surface area contributed by atoms with Crippen molar-refractivity contribution in [3.8, 4) is 0 Å². The average Bonchev–Trinajstić information content (AvgIpc) is 2.50. The Hall–Kier alpha value is -1.90. The first-order valence-corrected chi connectivity index (χ1v) is 8.65. The molecule has 122 valence electrons. The number of halogens is 2. The number of carbonyl (C=O) groups is 1. The van der Waals surface area contributed by atoms with Gasteiger partial charge < -0.3 is 5.32 Å². The minimum atomic E-state index is -3.82. The fraction of sp³-hybridized carbons (Fsp3) is 0.154. The van der Waals surface area contributed by atoms with Crippen molar-refractivity contribution in [1.82, 2.24) is 10.2 Å². The lowest BCUT2D eigenvalue weighted by Gasteiger charge is -2.09. The van der Waals surface area contributed by atoms with Crippen LogP contribution in [0, 0.1) is 0 Å². The van der Waals surface area contributed by atoms with Crippen LogP contribution in [0.1, 0.15) is 6.92 Å². The molecule has 2 aromatic rings. The highest BCUT2D eigenvalue weighted by molar-refractivity contribution is 7.92. The number of sulfonamides is 1. The smallest absolute Gasteiger partial charge is 0.263 e. The van der Waals surface area contributed by atoms with Gasteiger partial charge in [-0.05, 0) is 43.3 Å². The van der Waals surface area contributed by atoms with Gasteiger partial charge in [-0.1, -0.05) is 11.6 Å². The summed E-state index contributed by atoms with van der Waals surface area (Å²) in [5.74, 6) is -0.334. The molecule has 7 nitrogen and oxygen atoms in total. The summed E-state index contributed by atoms with van der Waals surface area (Å²) >= 11 is 11.2. The number of aromatic nitrogens is 2. The maximum absolute atomic E-state index is 12.2. The normalized spacial score (nSPS) is 12.5. The molecule has 0 saturated carbocycles. The monoisotopic (exact) mass is 374 g/mol. The van der Waals surface area contributed by atoms with E-state index in [1.165, 1.54) is 43.3 Å². The molecule has 23 heavy (non-hydrogen) atoms. The van der Waals surface area contributed by atoms with E-state index in [0.29, 0.717) is 5.69 Å². The summed E-state index contributed by atoms with van der Waals surface area (Å²) in [5, 5.41) is 9.19. The first kappa shape index (κ1) is 17.5. The molecule has 0 aliphatic rings. The number of hydrogen-bond donors (Lipinski definition) is 2. The number of rotatable bonds is 5. The van der Waals surface area contributed by atoms with Crippen molar-refractivity contribution in [2.24, 2.45) is 0 Å². The van der Waals surface area contributed by atoms with E-state index in [-0.39, 0.29) is 21.8 Å². The van der Waals surface area contributed by atoms with Crippen molar-refractivity contribution in [3.05, 3.63) is 41.6 Å². The number of anilines is 2. The minimum absolute atomic E-state index is 0.00571. The molecule has 1 aromatic heterocycles. The first-order valence-electron chi connectivity index (χ1n) is 6.35. The molecule has 1 amide bonds. The minimum Gasteiger partial charge on any atom is -0.325 e. The van der Waals surface area contributed by atoms with Crippen molar-refractivity contribution < 1.29 is 13.2 Å². The van der Waals surface area contributed by atoms with Crippen LogP contribution < -0.4 is 10.0 Å². The molecular weight excluding hydrogens is 363 g/mol. The van der Waals surface area contributed by atoms with Crippen LogP contribution in [-0.2, 0) is 14.8 Å². The highest BCUT2D eigenvalue weighted by Crippen LogP contribution is 2.18. The van der Waals surface area contributed by atoms with Crippen LogP contribution in [0.3, 0.4) is 0 Å². The predicted molar refractivity (Wildman–Crippen MR) is 88.2 cm³/mol. The number of nitrogens with one attached hydrogen (secondary N) is 2. The van der Waals surface area contributed by atoms with Gasteiger partial charge in [0.15, 0.2) is 11.0 Å². The summed E-state index contributed by atoms with van der Waals surface area (Å²) in [7, 11) is -3.82. The average molecular weight is 375 g/mol. The van der Waals surface area contributed by atoms with Crippen LogP contribution >= 0.6 is 23.2 Å². The Kier molecular flexibility index (Phi) is 5.40. The quantitative estimate of drug-likeness (QED) is 0.782. The molecule has 0 fully saturated rings. The summed E-state index contributed by atoms with van der Waals surface area (Å²) in [6, 6.07) is 8.42. The Bertz CT molecular complexity index is 793. The lowest BCUT2D eigenvalue weighted by atomic mass is 10.3. The van der Waals surface area contributed by atoms with E-state index in [9.17, 15) is 13.2 Å². The fourth-order valence-corrected chi connectivity index (χ4v) is 2.68. The number of nitrogens with zero attached hydrogens (tertiary/aromatic N) is 2. The fourth-order valence-electron chi connectivity index (χ4n) is 1.53. The van der Waals surface area contributed by atoms with E-state index < -0.39 is 15.4 Å². The highest BCUT2D eigenvalue weighted by atomic mass is 35.5. The van der Waals surface area contributed by atoms with E-state index >= 15 is 0 Å². The molecule has 1 heterocycles. The van der Waals surface area contributed by atoms with E-state index in [1.54, 1.807) is 0 Å². The van der Waals surface area contributed by atoms with Crippen molar-refractivity contribution >= 4 is 50.6 Å². The molecular formula is C13H12Cl2N4O3S. The van der Waals surface area contributed by atoms with Crippen molar-refractivity contribution in [2.75, 3.05) is 10.0 Å². The molecule has 2 rings (SSSR count). The van der Waals surface area contributed by atoms with Crippen LogP contribution in [-0.4, -0.2) is 29.9 Å². The summed E-state index contributed by atoms with van der Waals surface area (Å²) in [6.07, 6.45) is 0. The zero-order valence-corrected chi connectivity index (χ0v) is 14.2. The van der Waals surface area contributed by atoms with Gasteiger partial charge >= 0.3 is 0 Å². The van der Waals surface area contributed by atoms with Crippen LogP contribution in [0.25, 0.3) is 0 Å². The molecule has 1 atom stereocenters. The Morgan fingerprint density at radius 3 is 2.30 bits per heavy atom. The van der Waals surface area contributed by atoms with Crippen LogP contribution in [0.15, 0.2) is 41.3 Å². The predicted octanol–water partition coefficient (Wildman–Crippen LogP) is 2.50. The highest BCUT2D eigenvalue weighted by Gasteiger charge is 2.16. The van der Waals surface area contributed by atoms with Gasteiger partial charge in [-0.15, -0.1) is 21.8 Å². The second-order valence-electron chi connectivity index (χ2n) is 4.48. The van der Waals surface area contributed by atoms with Gasteiger partial charge in [0.1, 0.15) is 5.38 Å². The zero-order valence-electron chi connectivity index (χ0n) is 11.8. The van der Waals surface area contributed by atoms with E-state index in [4.69, 9.17) is 23.2 Å². The van der Waals surface area contributed by atoms with Crippen LogP contribution in [0.5, 0.6) is 0 Å². The largest absolute Gasteiger partial charge is 0.325 e. The molecule has 0 saturated heterocycles. The second-order valence-corrected chi connectivity index (χ2v) is 7.20. The lowest BCUT2D eigenvalue weighted by Crippen LogP contribution is -2.20. The lowest BCUT2D eigenvalue weighted by molar-refractivity contribution is -0.115. The Morgan fingerprint density at radius 2 is 1.78 bits per heavy atom. The number of carbonyl (C=O) groups excluding carboxylic acids is 1. The number of benzene rings is 1. The molecule has 1 unspecified atom stereocenters. The van der Waals surface area contributed by atoms with E-state index in [1.807, 2.05) is 0 Å². The molecule has 0 aliphatic heterocycles. The Labute approximate surface area is 143 Å². The Morgan fingerprint density at radius 1 is 1.13 bits per heavy atom. The first-order chi connectivity index (χ1) is 10.8. The maximum Gasteiger partial charge on any atom is 0.263 e. The van der Waals surface area contributed by atoms with Crippen molar-refractivity contribution in [3.63, 3.8) is 0 Å². The number of alkyl halides is 1. The molecule has 1 aromatic carbocycles. The Balaban J connectivity index is 2.14. The van der Waals surface area contributed by atoms with Gasteiger partial charge in [-0.3, -0.25) is 9.52 Å². The van der Waals surface area contributed by atoms with Crippen LogP contribution in [0.4, 0.5) is 11.5 Å². The third kappa shape index (κ3) is 4.78. The van der Waals surface area contributed by atoms with E-state index in [0.717, 1.165) is 0 Å². The van der Waals surface area contributed by atoms with Gasteiger partial charge in [-0.2, -0.15) is 0 Å². The topological polar surface area (TPSA) is 101 Å². The van der Waals surface area contributed by atoms with Gasteiger partial charge in [0.25, 0.3) is 10.0 Å². The van der Waals surface area contributed by atoms with Crippen molar-refractivity contribution in [1.29, 1.82) is 0 Å². The summed E-state index contributed by atoms with van der Waals surface area (Å²) < 4.78 is 26.7. The maximum atomic E-state index is 12.2.